The van der Waals surface area contributed by atoms with Crippen molar-refractivity contribution >= 4 is 11.3 Å². The Bertz CT molecular complexity index is 356. The first-order valence-electron chi connectivity index (χ1n) is 6.17. The lowest BCUT2D eigenvalue weighted by Gasteiger charge is -2.32. The molecule has 1 heterocycles. The van der Waals surface area contributed by atoms with Crippen LogP contribution in [0.15, 0.2) is 11.6 Å². The summed E-state index contributed by atoms with van der Waals surface area (Å²) < 4.78 is 37.6. The van der Waals surface area contributed by atoms with Gasteiger partial charge in [0.25, 0.3) is 0 Å². The second-order valence-corrected chi connectivity index (χ2v) is 5.93. The van der Waals surface area contributed by atoms with Gasteiger partial charge in [-0.15, -0.1) is 11.3 Å². The summed E-state index contributed by atoms with van der Waals surface area (Å²) in [5.74, 6) is -0.923. The maximum atomic E-state index is 12.5. The Morgan fingerprint density at radius 2 is 2.00 bits per heavy atom. The van der Waals surface area contributed by atoms with Crippen molar-refractivity contribution in [1.82, 2.24) is 4.98 Å². The number of hydrogen-bond acceptors (Lipinski definition) is 3. The molecule has 1 atom stereocenters. The molecule has 1 aromatic heterocycles. The van der Waals surface area contributed by atoms with Gasteiger partial charge in [-0.05, 0) is 31.6 Å². The van der Waals surface area contributed by atoms with E-state index in [4.69, 9.17) is 5.73 Å². The summed E-state index contributed by atoms with van der Waals surface area (Å²) in [7, 11) is 0. The second kappa shape index (κ2) is 5.57. The Morgan fingerprint density at radius 3 is 2.50 bits per heavy atom. The fraction of sp³-hybridized carbons (Fsp3) is 0.750. The number of thiazole rings is 1. The third-order valence-electron chi connectivity index (χ3n) is 3.73. The van der Waals surface area contributed by atoms with E-state index in [0.29, 0.717) is 19.3 Å². The van der Waals surface area contributed by atoms with Crippen molar-refractivity contribution in [3.8, 4) is 0 Å². The Labute approximate surface area is 108 Å². The molecule has 2 nitrogen and oxygen atoms in total. The predicted molar refractivity (Wildman–Crippen MR) is 65.3 cm³/mol. The third-order valence-corrected chi connectivity index (χ3v) is 4.54. The van der Waals surface area contributed by atoms with Gasteiger partial charge < -0.3 is 5.73 Å². The Balaban J connectivity index is 1.82. The molecule has 1 unspecified atom stereocenters. The van der Waals surface area contributed by atoms with Crippen molar-refractivity contribution in [1.29, 1.82) is 0 Å². The summed E-state index contributed by atoms with van der Waals surface area (Å²) in [6, 6.07) is -0.0645. The van der Waals surface area contributed by atoms with Gasteiger partial charge in [0.15, 0.2) is 0 Å². The molecule has 1 fully saturated rings. The number of nitrogens with zero attached hydrogens (tertiary/aromatic N) is 1. The van der Waals surface area contributed by atoms with Crippen LogP contribution in [0.4, 0.5) is 13.2 Å². The van der Waals surface area contributed by atoms with Gasteiger partial charge in [0, 0.05) is 24.0 Å². The predicted octanol–water partition coefficient (Wildman–Crippen LogP) is 3.38. The Kier molecular flexibility index (Phi) is 4.27. The largest absolute Gasteiger partial charge is 0.391 e. The van der Waals surface area contributed by atoms with Crippen LogP contribution in [-0.2, 0) is 6.42 Å². The monoisotopic (exact) mass is 278 g/mol. The fourth-order valence-corrected chi connectivity index (χ4v) is 3.29. The molecule has 2 N–H and O–H groups in total. The zero-order valence-corrected chi connectivity index (χ0v) is 10.8. The molecule has 1 saturated carbocycles. The molecule has 1 aliphatic rings. The molecule has 1 aromatic rings. The summed E-state index contributed by atoms with van der Waals surface area (Å²) in [5, 5.41) is 2.86. The molecule has 0 aliphatic heterocycles. The number of nitrogens with two attached hydrogens (primary N) is 1. The Morgan fingerprint density at radius 1 is 1.33 bits per heavy atom. The first-order chi connectivity index (χ1) is 8.47. The van der Waals surface area contributed by atoms with Crippen molar-refractivity contribution < 1.29 is 13.2 Å². The standard InChI is InChI=1S/C12H17F3N2S/c13-12(14,15)9-3-1-8(2-4-9)10(16)7-11-17-5-6-18-11/h5-6,8-10H,1-4,7,16H2. The molecule has 0 amide bonds. The van der Waals surface area contributed by atoms with E-state index in [1.165, 1.54) is 0 Å². The van der Waals surface area contributed by atoms with Gasteiger partial charge in [0.05, 0.1) is 10.9 Å². The van der Waals surface area contributed by atoms with E-state index >= 15 is 0 Å². The van der Waals surface area contributed by atoms with Crippen LogP contribution in [0.1, 0.15) is 30.7 Å². The van der Waals surface area contributed by atoms with Crippen molar-refractivity contribution in [3.63, 3.8) is 0 Å². The van der Waals surface area contributed by atoms with Gasteiger partial charge in [-0.25, -0.2) is 4.98 Å². The molecule has 0 bridgehead atoms. The molecule has 102 valence electrons. The summed E-state index contributed by atoms with van der Waals surface area (Å²) in [5.41, 5.74) is 6.08. The van der Waals surface area contributed by atoms with E-state index < -0.39 is 12.1 Å². The molecule has 2 rings (SSSR count). The lowest BCUT2D eigenvalue weighted by molar-refractivity contribution is -0.184. The quantitative estimate of drug-likeness (QED) is 0.920. The maximum absolute atomic E-state index is 12.5. The van der Waals surface area contributed by atoms with Crippen LogP contribution in [0.5, 0.6) is 0 Å². The summed E-state index contributed by atoms with van der Waals surface area (Å²) in [6.07, 6.45) is -0.0242. The topological polar surface area (TPSA) is 38.9 Å². The van der Waals surface area contributed by atoms with Gasteiger partial charge in [-0.2, -0.15) is 13.2 Å². The molecular weight excluding hydrogens is 261 g/mol. The highest BCUT2D eigenvalue weighted by atomic mass is 32.1. The SMILES string of the molecule is NC(Cc1nccs1)C1CCC(C(F)(F)F)CC1. The molecule has 6 heteroatoms. The van der Waals surface area contributed by atoms with Gasteiger partial charge in [-0.1, -0.05) is 0 Å². The van der Waals surface area contributed by atoms with Crippen molar-refractivity contribution in [2.24, 2.45) is 17.6 Å². The minimum Gasteiger partial charge on any atom is -0.327 e. The summed E-state index contributed by atoms with van der Waals surface area (Å²) >= 11 is 1.55. The van der Waals surface area contributed by atoms with Crippen LogP contribution in [0.25, 0.3) is 0 Å². The van der Waals surface area contributed by atoms with E-state index in [2.05, 4.69) is 4.98 Å². The highest BCUT2D eigenvalue weighted by Crippen LogP contribution is 2.40. The van der Waals surface area contributed by atoms with Crippen molar-refractivity contribution in [2.45, 2.75) is 44.3 Å². The van der Waals surface area contributed by atoms with E-state index in [9.17, 15) is 13.2 Å². The number of rotatable bonds is 3. The smallest absolute Gasteiger partial charge is 0.327 e. The second-order valence-electron chi connectivity index (χ2n) is 4.95. The van der Waals surface area contributed by atoms with Crippen LogP contribution in [0.2, 0.25) is 0 Å². The minimum atomic E-state index is -4.04. The van der Waals surface area contributed by atoms with E-state index in [1.54, 1.807) is 17.5 Å². The Hall–Kier alpha value is -0.620. The fourth-order valence-electron chi connectivity index (χ4n) is 2.60. The highest BCUT2D eigenvalue weighted by Gasteiger charge is 2.42. The van der Waals surface area contributed by atoms with Crippen LogP contribution in [-0.4, -0.2) is 17.2 Å². The highest BCUT2D eigenvalue weighted by molar-refractivity contribution is 7.09. The number of halogens is 3. The van der Waals surface area contributed by atoms with Crippen molar-refractivity contribution in [3.05, 3.63) is 16.6 Å². The van der Waals surface area contributed by atoms with Crippen LogP contribution in [0, 0.1) is 11.8 Å². The molecule has 0 spiro atoms. The maximum Gasteiger partial charge on any atom is 0.391 e. The lowest BCUT2D eigenvalue weighted by atomic mass is 9.78. The zero-order chi connectivity index (χ0) is 13.2. The van der Waals surface area contributed by atoms with Crippen LogP contribution >= 0.6 is 11.3 Å². The molecular formula is C12H17F3N2S. The number of alkyl halides is 3. The first-order valence-corrected chi connectivity index (χ1v) is 7.05. The van der Waals surface area contributed by atoms with Crippen LogP contribution < -0.4 is 5.73 Å². The minimum absolute atomic E-state index is 0.0645. The number of aromatic nitrogens is 1. The lowest BCUT2D eigenvalue weighted by Crippen LogP contribution is -2.37. The third kappa shape index (κ3) is 3.45. The number of hydrogen-bond donors (Lipinski definition) is 1. The first kappa shape index (κ1) is 13.8. The van der Waals surface area contributed by atoms with Gasteiger partial charge >= 0.3 is 6.18 Å². The van der Waals surface area contributed by atoms with E-state index in [1.807, 2.05) is 5.38 Å². The average Bonchev–Trinajstić information content (AvgIpc) is 2.81. The molecule has 0 saturated heterocycles. The van der Waals surface area contributed by atoms with Gasteiger partial charge in [0.2, 0.25) is 0 Å². The van der Waals surface area contributed by atoms with Gasteiger partial charge in [0.1, 0.15) is 0 Å². The van der Waals surface area contributed by atoms with Crippen molar-refractivity contribution in [2.75, 3.05) is 0 Å². The van der Waals surface area contributed by atoms with Gasteiger partial charge in [-0.3, -0.25) is 0 Å². The molecule has 1 aliphatic carbocycles. The molecule has 0 radical (unpaired) electrons. The molecule has 0 aromatic carbocycles. The average molecular weight is 278 g/mol. The molecule has 18 heavy (non-hydrogen) atoms. The van der Waals surface area contributed by atoms with E-state index in [-0.39, 0.29) is 24.8 Å². The summed E-state index contributed by atoms with van der Waals surface area (Å²) in [6.45, 7) is 0. The normalized spacial score (nSPS) is 27.1. The zero-order valence-electron chi connectivity index (χ0n) is 9.99. The van der Waals surface area contributed by atoms with E-state index in [0.717, 1.165) is 5.01 Å². The summed E-state index contributed by atoms with van der Waals surface area (Å²) in [4.78, 5) is 4.16. The van der Waals surface area contributed by atoms with Crippen LogP contribution in [0.3, 0.4) is 0 Å².